The van der Waals surface area contributed by atoms with Crippen LogP contribution in [-0.2, 0) is 6.42 Å². The highest BCUT2D eigenvalue weighted by Crippen LogP contribution is 2.28. The van der Waals surface area contributed by atoms with Crippen LogP contribution in [0.1, 0.15) is 56.0 Å². The number of piperidine rings is 1. The molecule has 0 spiro atoms. The number of likely N-dealkylation sites (tertiary alicyclic amines) is 1. The highest BCUT2D eigenvalue weighted by molar-refractivity contribution is 5.97. The smallest absolute Gasteiger partial charge is 0.319 e. The van der Waals surface area contributed by atoms with Gasteiger partial charge in [-0.2, -0.15) is 0 Å². The van der Waals surface area contributed by atoms with Gasteiger partial charge in [-0.25, -0.2) is 9.18 Å². The summed E-state index contributed by atoms with van der Waals surface area (Å²) in [5.41, 5.74) is 6.71. The third kappa shape index (κ3) is 7.87. The van der Waals surface area contributed by atoms with Gasteiger partial charge < -0.3 is 15.7 Å². The van der Waals surface area contributed by atoms with E-state index in [4.69, 9.17) is 5.73 Å². The lowest BCUT2D eigenvalue weighted by Crippen LogP contribution is -2.55. The van der Waals surface area contributed by atoms with Crippen LogP contribution in [0.5, 0.6) is 0 Å². The predicted octanol–water partition coefficient (Wildman–Crippen LogP) is 4.65. The minimum Gasteiger partial charge on any atom is -0.387 e. The molecule has 2 amide bonds. The van der Waals surface area contributed by atoms with E-state index in [1.165, 1.54) is 24.0 Å². The van der Waals surface area contributed by atoms with Gasteiger partial charge in [0.05, 0.1) is 12.1 Å². The molecule has 190 valence electrons. The highest BCUT2D eigenvalue weighted by atomic mass is 19.1. The number of ketones is 1. The summed E-state index contributed by atoms with van der Waals surface area (Å²) in [5.74, 6) is 0.420. The van der Waals surface area contributed by atoms with E-state index in [1.54, 1.807) is 24.3 Å². The first-order valence-electron chi connectivity index (χ1n) is 12.4. The molecule has 0 unspecified atom stereocenters. The molecular formula is C28H38FN3O3. The zero-order valence-electron chi connectivity index (χ0n) is 21.0. The number of anilines is 1. The molecule has 1 fully saturated rings. The van der Waals surface area contributed by atoms with Gasteiger partial charge in [0.15, 0.2) is 5.78 Å². The molecular weight excluding hydrogens is 445 g/mol. The molecule has 2 aromatic rings. The molecule has 0 aliphatic carbocycles. The second-order valence-electron chi connectivity index (χ2n) is 10.4. The molecule has 0 radical (unpaired) electrons. The van der Waals surface area contributed by atoms with E-state index < -0.39 is 11.6 Å². The highest BCUT2D eigenvalue weighted by Gasteiger charge is 2.35. The van der Waals surface area contributed by atoms with Gasteiger partial charge in [-0.3, -0.25) is 9.69 Å². The Balaban J connectivity index is 1.68. The van der Waals surface area contributed by atoms with Crippen molar-refractivity contribution in [1.29, 1.82) is 0 Å². The van der Waals surface area contributed by atoms with Gasteiger partial charge in [-0.1, -0.05) is 38.1 Å². The van der Waals surface area contributed by atoms with Crippen molar-refractivity contribution in [2.75, 3.05) is 31.1 Å². The Hall–Kier alpha value is -2.77. The quantitative estimate of drug-likeness (QED) is 0.482. The summed E-state index contributed by atoms with van der Waals surface area (Å²) in [6.45, 7) is 7.76. The van der Waals surface area contributed by atoms with Crippen molar-refractivity contribution < 1.29 is 19.1 Å². The Morgan fingerprint density at radius 2 is 1.83 bits per heavy atom. The summed E-state index contributed by atoms with van der Waals surface area (Å²) < 4.78 is 13.2. The van der Waals surface area contributed by atoms with Gasteiger partial charge >= 0.3 is 6.03 Å². The summed E-state index contributed by atoms with van der Waals surface area (Å²) in [6, 6.07) is 12.8. The van der Waals surface area contributed by atoms with Crippen LogP contribution in [0.2, 0.25) is 0 Å². The van der Waals surface area contributed by atoms with Crippen LogP contribution in [0.4, 0.5) is 14.9 Å². The Morgan fingerprint density at radius 1 is 1.17 bits per heavy atom. The van der Waals surface area contributed by atoms with E-state index in [2.05, 4.69) is 4.90 Å². The van der Waals surface area contributed by atoms with E-state index in [0.717, 1.165) is 37.9 Å². The van der Waals surface area contributed by atoms with Crippen LogP contribution in [0, 0.1) is 17.7 Å². The second-order valence-corrected chi connectivity index (χ2v) is 10.4. The lowest BCUT2D eigenvalue weighted by Gasteiger charge is -2.41. The van der Waals surface area contributed by atoms with Crippen molar-refractivity contribution in [3.63, 3.8) is 0 Å². The number of carbonyl (C=O) groups is 2. The third-order valence-corrected chi connectivity index (χ3v) is 6.73. The molecule has 35 heavy (non-hydrogen) atoms. The number of amides is 2. The Morgan fingerprint density at radius 3 is 2.40 bits per heavy atom. The molecule has 6 nitrogen and oxygen atoms in total. The number of halogens is 1. The summed E-state index contributed by atoms with van der Waals surface area (Å²) in [6.07, 6.45) is 3.43. The first-order valence-corrected chi connectivity index (χ1v) is 12.4. The topological polar surface area (TPSA) is 86.9 Å². The Bertz CT molecular complexity index is 1000. The minimum atomic E-state index is -1.15. The minimum absolute atomic E-state index is 0.0530. The van der Waals surface area contributed by atoms with E-state index in [9.17, 15) is 19.1 Å². The third-order valence-electron chi connectivity index (χ3n) is 6.73. The molecule has 1 saturated heterocycles. The first kappa shape index (κ1) is 26.8. The first-order chi connectivity index (χ1) is 16.5. The van der Waals surface area contributed by atoms with Gasteiger partial charge in [0, 0.05) is 17.8 Å². The number of hydrogen-bond acceptors (Lipinski definition) is 4. The molecule has 1 aliphatic heterocycles. The number of nitrogens with zero attached hydrogens (tertiary/aromatic N) is 2. The van der Waals surface area contributed by atoms with Crippen molar-refractivity contribution in [1.82, 2.24) is 4.90 Å². The molecule has 2 aromatic carbocycles. The molecule has 3 N–H and O–H groups in total. The van der Waals surface area contributed by atoms with Crippen molar-refractivity contribution in [2.45, 2.75) is 52.1 Å². The number of Topliss-reactive ketones (excluding diaryl/α,β-unsaturated/α-hetero) is 1. The van der Waals surface area contributed by atoms with Gasteiger partial charge in [0.1, 0.15) is 5.82 Å². The maximum Gasteiger partial charge on any atom is 0.319 e. The van der Waals surface area contributed by atoms with Crippen molar-refractivity contribution in [2.24, 2.45) is 17.6 Å². The zero-order chi connectivity index (χ0) is 25.6. The zero-order valence-corrected chi connectivity index (χ0v) is 21.0. The van der Waals surface area contributed by atoms with Crippen LogP contribution < -0.4 is 10.6 Å². The van der Waals surface area contributed by atoms with Crippen LogP contribution >= 0.6 is 0 Å². The standard InChI is InChI=1S/C28H38FN3O3/c1-20(2)17-28(35,19-32(27(30)34)26-6-4-5-24(16-26)21(3)33)18-31-13-11-23(12-14-31)15-22-7-9-25(29)10-8-22/h4-10,16,20,23,35H,11-15,17-19H2,1-3H3,(H2,30,34)/t28-/m1/s1. The molecule has 1 atom stereocenters. The van der Waals surface area contributed by atoms with Crippen LogP contribution in [0.25, 0.3) is 0 Å². The number of nitrogens with two attached hydrogens (primary N) is 1. The number of aliphatic hydroxyl groups is 1. The van der Waals surface area contributed by atoms with Crippen LogP contribution in [-0.4, -0.2) is 53.6 Å². The van der Waals surface area contributed by atoms with Gasteiger partial charge in [0.2, 0.25) is 0 Å². The fourth-order valence-electron chi connectivity index (χ4n) is 5.14. The summed E-state index contributed by atoms with van der Waals surface area (Å²) in [4.78, 5) is 27.9. The molecule has 1 heterocycles. The lowest BCUT2D eigenvalue weighted by molar-refractivity contribution is -0.0138. The van der Waals surface area contributed by atoms with Gasteiger partial charge in [-0.05, 0) is 87.4 Å². The lowest BCUT2D eigenvalue weighted by atomic mass is 9.87. The SMILES string of the molecule is CC(=O)c1cccc(N(C[C@@](O)(CC(C)C)CN2CCC(Cc3ccc(F)cc3)CC2)C(N)=O)c1. The fourth-order valence-corrected chi connectivity index (χ4v) is 5.14. The average Bonchev–Trinajstić information content (AvgIpc) is 2.80. The number of urea groups is 1. The second kappa shape index (κ2) is 11.8. The van der Waals surface area contributed by atoms with Gasteiger partial charge in [-0.15, -0.1) is 0 Å². The van der Waals surface area contributed by atoms with E-state index in [-0.39, 0.29) is 24.1 Å². The summed E-state index contributed by atoms with van der Waals surface area (Å²) in [5, 5.41) is 11.7. The number of hydrogen-bond donors (Lipinski definition) is 2. The average molecular weight is 484 g/mol. The molecule has 0 aromatic heterocycles. The maximum atomic E-state index is 13.2. The normalized spacial score (nSPS) is 16.7. The summed E-state index contributed by atoms with van der Waals surface area (Å²) >= 11 is 0. The number of carbonyl (C=O) groups excluding carboxylic acids is 2. The monoisotopic (exact) mass is 483 g/mol. The predicted molar refractivity (Wildman–Crippen MR) is 137 cm³/mol. The Kier molecular flexibility index (Phi) is 9.03. The van der Waals surface area contributed by atoms with Crippen molar-refractivity contribution >= 4 is 17.5 Å². The van der Waals surface area contributed by atoms with E-state index in [1.807, 2.05) is 26.0 Å². The van der Waals surface area contributed by atoms with E-state index >= 15 is 0 Å². The van der Waals surface area contributed by atoms with Gasteiger partial charge in [0.25, 0.3) is 0 Å². The molecule has 1 aliphatic rings. The maximum absolute atomic E-state index is 13.2. The summed E-state index contributed by atoms with van der Waals surface area (Å²) in [7, 11) is 0. The van der Waals surface area contributed by atoms with Crippen LogP contribution in [0.3, 0.4) is 0 Å². The molecule has 0 saturated carbocycles. The number of benzene rings is 2. The van der Waals surface area contributed by atoms with Crippen molar-refractivity contribution in [3.05, 3.63) is 65.5 Å². The fraction of sp³-hybridized carbons (Fsp3) is 0.500. The largest absolute Gasteiger partial charge is 0.387 e. The van der Waals surface area contributed by atoms with Crippen molar-refractivity contribution in [3.8, 4) is 0 Å². The molecule has 7 heteroatoms. The Labute approximate surface area is 207 Å². The molecule has 3 rings (SSSR count). The number of β-amino-alcohol motifs (C(OH)–C–C–N with tert-alkyl or cyclic N) is 1. The number of primary amides is 1. The van der Waals surface area contributed by atoms with Crippen LogP contribution in [0.15, 0.2) is 48.5 Å². The number of rotatable bonds is 10. The molecule has 0 bridgehead atoms. The van der Waals surface area contributed by atoms with E-state index in [0.29, 0.717) is 30.1 Å².